The number of carbonyl (C=O) groups is 2. The minimum atomic E-state index is -4.73. The minimum Gasteiger partial charge on any atom is -0.367 e. The summed E-state index contributed by atoms with van der Waals surface area (Å²) in [6.07, 6.45) is -3.80. The van der Waals surface area contributed by atoms with E-state index in [-0.39, 0.29) is 24.1 Å². The lowest BCUT2D eigenvalue weighted by Gasteiger charge is -2.44. The third-order valence-corrected chi connectivity index (χ3v) is 6.98. The number of carbonyl (C=O) groups excluding carboxylic acids is 2. The molecular weight excluding hydrogens is 389 g/mol. The highest BCUT2D eigenvalue weighted by atomic mass is 19.4. The van der Waals surface area contributed by atoms with Gasteiger partial charge in [0.05, 0.1) is 40.9 Å². The molecule has 9 heteroatoms. The molecule has 4 saturated heterocycles. The maximum absolute atomic E-state index is 13.4. The van der Waals surface area contributed by atoms with Gasteiger partial charge < -0.3 is 14.3 Å². The fraction of sp³-hybridized carbons (Fsp3) is 0.550. The molecule has 6 atom stereocenters. The Hall–Kier alpha value is -2.44. The number of nitriles is 1. The molecule has 0 saturated carbocycles. The van der Waals surface area contributed by atoms with Crippen molar-refractivity contribution in [2.24, 2.45) is 17.8 Å². The standard InChI is InChI=1S/C20H17F3N2O4/c1-18-7-11(9-26)19(29-18)4-5-28-17-15(19)14(18)16(27)25(17)12-3-2-10(8-24)13(6-12)20(21,22)23/h2-3,6,9,11,14-15,17H,4-5,7H2,1H3/t11-,14?,15?,17-,18+,19-/m0/s1. The number of alkyl halides is 3. The molecule has 1 amide bonds. The average Bonchev–Trinajstić information content (AvgIpc) is 3.24. The van der Waals surface area contributed by atoms with Gasteiger partial charge in [-0.2, -0.15) is 18.4 Å². The number of fused-ring (bicyclic) bond motifs is 2. The zero-order chi connectivity index (χ0) is 20.8. The molecule has 0 aliphatic carbocycles. The van der Waals surface area contributed by atoms with Crippen LogP contribution in [0, 0.1) is 29.1 Å². The number of rotatable bonds is 2. The number of aldehydes is 1. The molecule has 0 radical (unpaired) electrons. The minimum absolute atomic E-state index is 0.0310. The van der Waals surface area contributed by atoms with Crippen LogP contribution in [0.4, 0.5) is 18.9 Å². The molecule has 1 aromatic carbocycles. The Kier molecular flexibility index (Phi) is 3.58. The van der Waals surface area contributed by atoms with Crippen molar-refractivity contribution in [3.8, 4) is 6.07 Å². The van der Waals surface area contributed by atoms with Crippen molar-refractivity contribution in [3.05, 3.63) is 29.3 Å². The topological polar surface area (TPSA) is 79.6 Å². The summed E-state index contributed by atoms with van der Waals surface area (Å²) in [5, 5.41) is 9.03. The second kappa shape index (κ2) is 5.58. The highest BCUT2D eigenvalue weighted by Crippen LogP contribution is 2.66. The number of ether oxygens (including phenoxy) is 2. The quantitative estimate of drug-likeness (QED) is 0.706. The lowest BCUT2D eigenvalue weighted by molar-refractivity contribution is -0.153. The van der Waals surface area contributed by atoms with Gasteiger partial charge in [0, 0.05) is 23.9 Å². The highest BCUT2D eigenvalue weighted by molar-refractivity contribution is 6.00. The fourth-order valence-electron chi connectivity index (χ4n) is 5.96. The van der Waals surface area contributed by atoms with E-state index < -0.39 is 46.6 Å². The molecule has 1 aromatic rings. The Morgan fingerprint density at radius 3 is 2.79 bits per heavy atom. The molecule has 1 spiro atoms. The lowest BCUT2D eigenvalue weighted by atomic mass is 9.61. The molecule has 29 heavy (non-hydrogen) atoms. The number of hydrogen-bond donors (Lipinski definition) is 0. The maximum Gasteiger partial charge on any atom is 0.417 e. The van der Waals surface area contributed by atoms with Crippen molar-refractivity contribution < 1.29 is 32.2 Å². The molecule has 4 fully saturated rings. The van der Waals surface area contributed by atoms with E-state index in [1.165, 1.54) is 11.0 Å². The van der Waals surface area contributed by atoms with Crippen LogP contribution in [-0.2, 0) is 25.2 Å². The number of nitrogens with zero attached hydrogens (tertiary/aromatic N) is 2. The highest BCUT2D eigenvalue weighted by Gasteiger charge is 2.78. The van der Waals surface area contributed by atoms with Crippen LogP contribution in [0.1, 0.15) is 30.9 Å². The molecule has 5 rings (SSSR count). The van der Waals surface area contributed by atoms with Crippen LogP contribution in [0.3, 0.4) is 0 Å². The normalized spacial score (nSPS) is 40.1. The molecule has 2 unspecified atom stereocenters. The van der Waals surface area contributed by atoms with Gasteiger partial charge in [-0.05, 0) is 31.5 Å². The van der Waals surface area contributed by atoms with Crippen molar-refractivity contribution in [1.29, 1.82) is 5.26 Å². The number of benzene rings is 1. The van der Waals surface area contributed by atoms with Crippen molar-refractivity contribution >= 4 is 17.9 Å². The van der Waals surface area contributed by atoms with E-state index in [0.29, 0.717) is 12.8 Å². The van der Waals surface area contributed by atoms with Crippen molar-refractivity contribution in [3.63, 3.8) is 0 Å². The van der Waals surface area contributed by atoms with E-state index in [1.807, 2.05) is 0 Å². The van der Waals surface area contributed by atoms with Crippen LogP contribution in [0.5, 0.6) is 0 Å². The first-order valence-corrected chi connectivity index (χ1v) is 9.38. The van der Waals surface area contributed by atoms with Crippen LogP contribution >= 0.6 is 0 Å². The smallest absolute Gasteiger partial charge is 0.367 e. The van der Waals surface area contributed by atoms with E-state index in [4.69, 9.17) is 14.7 Å². The third-order valence-electron chi connectivity index (χ3n) is 6.98. The van der Waals surface area contributed by atoms with Crippen molar-refractivity contribution in [2.45, 2.75) is 43.4 Å². The first-order chi connectivity index (χ1) is 13.7. The SMILES string of the molecule is C[C@@]12C[C@@H](C=O)[C@]3(CCO[C@H]4C3C1C(=O)N4c1ccc(C#N)c(C(F)(F)F)c1)O2. The molecule has 0 N–H and O–H groups in total. The number of amides is 1. The van der Waals surface area contributed by atoms with Crippen molar-refractivity contribution in [2.75, 3.05) is 11.5 Å². The van der Waals surface area contributed by atoms with Gasteiger partial charge >= 0.3 is 6.18 Å². The maximum atomic E-state index is 13.4. The van der Waals surface area contributed by atoms with Gasteiger partial charge in [0.1, 0.15) is 12.5 Å². The van der Waals surface area contributed by atoms with E-state index >= 15 is 0 Å². The van der Waals surface area contributed by atoms with E-state index in [0.717, 1.165) is 18.4 Å². The first kappa shape index (κ1) is 18.6. The molecule has 152 valence electrons. The second-order valence-corrected chi connectivity index (χ2v) is 8.38. The predicted octanol–water partition coefficient (Wildman–Crippen LogP) is 2.65. The molecule has 6 nitrogen and oxygen atoms in total. The molecule has 4 aliphatic rings. The summed E-state index contributed by atoms with van der Waals surface area (Å²) in [6.45, 7) is 2.03. The monoisotopic (exact) mass is 406 g/mol. The fourth-order valence-corrected chi connectivity index (χ4v) is 5.96. The first-order valence-electron chi connectivity index (χ1n) is 9.38. The van der Waals surface area contributed by atoms with Gasteiger partial charge in [-0.1, -0.05) is 0 Å². The zero-order valence-electron chi connectivity index (χ0n) is 15.4. The number of halogens is 3. The Labute approximate surface area is 164 Å². The van der Waals surface area contributed by atoms with Crippen LogP contribution < -0.4 is 4.90 Å². The average molecular weight is 406 g/mol. The van der Waals surface area contributed by atoms with Gasteiger partial charge in [-0.3, -0.25) is 9.69 Å². The molecule has 4 aliphatic heterocycles. The van der Waals surface area contributed by atoms with Gasteiger partial charge in [0.15, 0.2) is 0 Å². The number of hydrogen-bond acceptors (Lipinski definition) is 5. The summed E-state index contributed by atoms with van der Waals surface area (Å²) < 4.78 is 52.4. The van der Waals surface area contributed by atoms with Gasteiger partial charge in [-0.25, -0.2) is 0 Å². The largest absolute Gasteiger partial charge is 0.417 e. The molecule has 0 aromatic heterocycles. The van der Waals surface area contributed by atoms with E-state index in [2.05, 4.69) is 0 Å². The second-order valence-electron chi connectivity index (χ2n) is 8.38. The zero-order valence-corrected chi connectivity index (χ0v) is 15.4. The number of anilines is 1. The molecule has 4 heterocycles. The summed E-state index contributed by atoms with van der Waals surface area (Å²) in [5.74, 6) is -1.76. The summed E-state index contributed by atoms with van der Waals surface area (Å²) in [5.41, 5.74) is -3.25. The molecule has 2 bridgehead atoms. The van der Waals surface area contributed by atoms with Gasteiger partial charge in [0.25, 0.3) is 0 Å². The Bertz CT molecular complexity index is 973. The molecular formula is C20H17F3N2O4. The van der Waals surface area contributed by atoms with Crippen LogP contribution in [0.25, 0.3) is 0 Å². The van der Waals surface area contributed by atoms with Gasteiger partial charge in [-0.15, -0.1) is 0 Å². The Morgan fingerprint density at radius 2 is 2.14 bits per heavy atom. The third kappa shape index (κ3) is 2.19. The van der Waals surface area contributed by atoms with Gasteiger partial charge in [0.2, 0.25) is 5.91 Å². The van der Waals surface area contributed by atoms with Crippen molar-refractivity contribution in [1.82, 2.24) is 0 Å². The summed E-state index contributed by atoms with van der Waals surface area (Å²) >= 11 is 0. The Morgan fingerprint density at radius 1 is 1.38 bits per heavy atom. The van der Waals surface area contributed by atoms with Crippen LogP contribution in [0.15, 0.2) is 18.2 Å². The summed E-state index contributed by atoms with van der Waals surface area (Å²) in [6, 6.07) is 4.77. The predicted molar refractivity (Wildman–Crippen MR) is 91.4 cm³/mol. The van der Waals surface area contributed by atoms with Crippen LogP contribution in [0.2, 0.25) is 0 Å². The summed E-state index contributed by atoms with van der Waals surface area (Å²) in [7, 11) is 0. The Balaban J connectivity index is 1.62. The van der Waals surface area contributed by atoms with E-state index in [9.17, 15) is 22.8 Å². The summed E-state index contributed by atoms with van der Waals surface area (Å²) in [4.78, 5) is 26.3. The van der Waals surface area contributed by atoms with E-state index in [1.54, 1.807) is 13.0 Å². The van der Waals surface area contributed by atoms with Crippen LogP contribution in [-0.4, -0.2) is 36.2 Å². The lowest BCUT2D eigenvalue weighted by Crippen LogP contribution is -2.55.